The van der Waals surface area contributed by atoms with Gasteiger partial charge < -0.3 is 14.7 Å². The zero-order valence-electron chi connectivity index (χ0n) is 7.12. The lowest BCUT2D eigenvalue weighted by atomic mass is 9.96. The van der Waals surface area contributed by atoms with Crippen LogP contribution in [0.4, 0.5) is 4.79 Å². The van der Waals surface area contributed by atoms with Crippen molar-refractivity contribution < 1.29 is 14.6 Å². The first-order valence-electron chi connectivity index (χ1n) is 4.28. The van der Waals surface area contributed by atoms with Gasteiger partial charge >= 0.3 is 6.09 Å². The van der Waals surface area contributed by atoms with Crippen molar-refractivity contribution in [3.63, 3.8) is 0 Å². The van der Waals surface area contributed by atoms with Crippen LogP contribution >= 0.6 is 0 Å². The van der Waals surface area contributed by atoms with Crippen LogP contribution < -0.4 is 0 Å². The van der Waals surface area contributed by atoms with E-state index in [0.29, 0.717) is 0 Å². The Balaban J connectivity index is 2.25. The second kappa shape index (κ2) is 2.36. The predicted octanol–water partition coefficient (Wildman–Crippen LogP) is 0.352. The maximum Gasteiger partial charge on any atom is 0.410 e. The van der Waals surface area contributed by atoms with Crippen molar-refractivity contribution in [3.8, 4) is 0 Å². The van der Waals surface area contributed by atoms with Crippen molar-refractivity contribution in [1.29, 1.82) is 0 Å². The largest absolute Gasteiger partial charge is 0.438 e. The molecule has 2 saturated heterocycles. The summed E-state index contributed by atoms with van der Waals surface area (Å²) in [6.07, 6.45) is 1.70. The summed E-state index contributed by atoms with van der Waals surface area (Å²) < 4.78 is 5.10. The Morgan fingerprint density at radius 2 is 2.58 bits per heavy atom. The molecule has 0 aliphatic carbocycles. The monoisotopic (exact) mass is 171 g/mol. The lowest BCUT2D eigenvalue weighted by Crippen LogP contribution is -2.42. The third-order valence-corrected chi connectivity index (χ3v) is 2.83. The minimum atomic E-state index is -0.659. The Morgan fingerprint density at radius 1 is 1.83 bits per heavy atom. The fourth-order valence-corrected chi connectivity index (χ4v) is 2.08. The Labute approximate surface area is 71.1 Å². The molecule has 2 aliphatic heterocycles. The molecule has 0 aromatic rings. The molecule has 0 spiro atoms. The maximum absolute atomic E-state index is 11.2. The first-order valence-corrected chi connectivity index (χ1v) is 4.28. The van der Waals surface area contributed by atoms with Crippen molar-refractivity contribution in [3.05, 3.63) is 0 Å². The standard InChI is InChI=1S/C8H13NO3/c1-8(5-10)6-3-2-4-9(6)7(11)12-8/h6,10H,2-5H2,1H3/t6-,8-/m0/s1. The number of hydrogen-bond donors (Lipinski definition) is 1. The van der Waals surface area contributed by atoms with Gasteiger partial charge in [0.15, 0.2) is 5.60 Å². The van der Waals surface area contributed by atoms with Crippen molar-refractivity contribution in [2.75, 3.05) is 13.2 Å². The summed E-state index contributed by atoms with van der Waals surface area (Å²) in [6, 6.07) is 0.0926. The van der Waals surface area contributed by atoms with E-state index in [0.717, 1.165) is 19.4 Å². The van der Waals surface area contributed by atoms with E-state index < -0.39 is 5.60 Å². The highest BCUT2D eigenvalue weighted by Crippen LogP contribution is 2.36. The highest BCUT2D eigenvalue weighted by molar-refractivity contribution is 5.72. The summed E-state index contributed by atoms with van der Waals surface area (Å²) in [4.78, 5) is 12.9. The van der Waals surface area contributed by atoms with E-state index >= 15 is 0 Å². The van der Waals surface area contributed by atoms with Crippen molar-refractivity contribution >= 4 is 6.09 Å². The van der Waals surface area contributed by atoms with Crippen LogP contribution in [0.1, 0.15) is 19.8 Å². The fraction of sp³-hybridized carbons (Fsp3) is 0.875. The molecule has 2 aliphatic rings. The third-order valence-electron chi connectivity index (χ3n) is 2.83. The van der Waals surface area contributed by atoms with E-state index in [1.54, 1.807) is 11.8 Å². The highest BCUT2D eigenvalue weighted by Gasteiger charge is 2.52. The van der Waals surface area contributed by atoms with E-state index in [-0.39, 0.29) is 18.7 Å². The van der Waals surface area contributed by atoms with Crippen LogP contribution in [-0.2, 0) is 4.74 Å². The maximum atomic E-state index is 11.2. The van der Waals surface area contributed by atoms with E-state index in [1.807, 2.05) is 0 Å². The molecule has 2 rings (SSSR count). The second-order valence-corrected chi connectivity index (χ2v) is 3.69. The molecule has 1 N–H and O–H groups in total. The van der Waals surface area contributed by atoms with Crippen molar-refractivity contribution in [2.24, 2.45) is 0 Å². The highest BCUT2D eigenvalue weighted by atomic mass is 16.6. The number of ether oxygens (including phenoxy) is 1. The first-order chi connectivity index (χ1) is 5.67. The van der Waals surface area contributed by atoms with Crippen molar-refractivity contribution in [1.82, 2.24) is 4.90 Å². The van der Waals surface area contributed by atoms with E-state index in [9.17, 15) is 4.79 Å². The van der Waals surface area contributed by atoms with Gasteiger partial charge in [-0.15, -0.1) is 0 Å². The molecule has 68 valence electrons. The van der Waals surface area contributed by atoms with Crippen LogP contribution in [0.15, 0.2) is 0 Å². The number of carbonyl (C=O) groups is 1. The number of carbonyl (C=O) groups excluding carboxylic acids is 1. The molecule has 0 saturated carbocycles. The number of nitrogens with zero attached hydrogens (tertiary/aromatic N) is 1. The van der Waals surface area contributed by atoms with Crippen LogP contribution in [0.25, 0.3) is 0 Å². The van der Waals surface area contributed by atoms with Gasteiger partial charge in [-0.2, -0.15) is 0 Å². The molecule has 2 atom stereocenters. The topological polar surface area (TPSA) is 49.8 Å². The number of aliphatic hydroxyl groups is 1. The van der Waals surface area contributed by atoms with Gasteiger partial charge in [-0.3, -0.25) is 0 Å². The predicted molar refractivity (Wildman–Crippen MR) is 41.7 cm³/mol. The molecule has 2 fully saturated rings. The van der Waals surface area contributed by atoms with Crippen LogP contribution in [-0.4, -0.2) is 40.9 Å². The van der Waals surface area contributed by atoms with Gasteiger partial charge in [0, 0.05) is 6.54 Å². The summed E-state index contributed by atoms with van der Waals surface area (Å²) >= 11 is 0. The summed E-state index contributed by atoms with van der Waals surface area (Å²) in [5.74, 6) is 0. The van der Waals surface area contributed by atoms with Gasteiger partial charge in [0.25, 0.3) is 0 Å². The van der Waals surface area contributed by atoms with E-state index in [4.69, 9.17) is 9.84 Å². The Hall–Kier alpha value is -0.770. The Kier molecular flexibility index (Phi) is 1.54. The molecule has 4 nitrogen and oxygen atoms in total. The summed E-state index contributed by atoms with van der Waals surface area (Å²) in [7, 11) is 0. The average molecular weight is 171 g/mol. The summed E-state index contributed by atoms with van der Waals surface area (Å²) in [5, 5.41) is 9.09. The molecule has 0 aromatic carbocycles. The van der Waals surface area contributed by atoms with Gasteiger partial charge in [-0.05, 0) is 19.8 Å². The molecule has 12 heavy (non-hydrogen) atoms. The van der Waals surface area contributed by atoms with Crippen LogP contribution in [0, 0.1) is 0 Å². The van der Waals surface area contributed by atoms with E-state index in [1.165, 1.54) is 0 Å². The molecular formula is C8H13NO3. The Morgan fingerprint density at radius 3 is 3.25 bits per heavy atom. The molecule has 0 bridgehead atoms. The average Bonchev–Trinajstić information content (AvgIpc) is 2.58. The molecule has 0 unspecified atom stereocenters. The number of fused-ring (bicyclic) bond motifs is 1. The number of rotatable bonds is 1. The zero-order valence-corrected chi connectivity index (χ0v) is 7.12. The van der Waals surface area contributed by atoms with Crippen LogP contribution in [0.2, 0.25) is 0 Å². The molecule has 4 heteroatoms. The minimum absolute atomic E-state index is 0.0834. The van der Waals surface area contributed by atoms with Crippen LogP contribution in [0.3, 0.4) is 0 Å². The first kappa shape index (κ1) is 7.86. The molecule has 2 heterocycles. The lowest BCUT2D eigenvalue weighted by molar-refractivity contribution is 0.00116. The summed E-state index contributed by atoms with van der Waals surface area (Å²) in [5.41, 5.74) is -0.659. The number of amides is 1. The van der Waals surface area contributed by atoms with Gasteiger partial charge in [0.2, 0.25) is 0 Å². The Bertz CT molecular complexity index is 218. The molecule has 1 amide bonds. The van der Waals surface area contributed by atoms with Gasteiger partial charge in [-0.25, -0.2) is 4.79 Å². The third kappa shape index (κ3) is 0.843. The smallest absolute Gasteiger partial charge is 0.410 e. The van der Waals surface area contributed by atoms with E-state index in [2.05, 4.69) is 0 Å². The second-order valence-electron chi connectivity index (χ2n) is 3.69. The quantitative estimate of drug-likeness (QED) is 0.619. The number of cyclic esters (lactones) is 1. The normalized spacial score (nSPS) is 40.0. The molecule has 0 radical (unpaired) electrons. The van der Waals surface area contributed by atoms with Gasteiger partial charge in [0.1, 0.15) is 0 Å². The van der Waals surface area contributed by atoms with Crippen molar-refractivity contribution in [2.45, 2.75) is 31.4 Å². The minimum Gasteiger partial charge on any atom is -0.438 e. The van der Waals surface area contributed by atoms with Gasteiger partial charge in [-0.1, -0.05) is 0 Å². The molecule has 0 aromatic heterocycles. The summed E-state index contributed by atoms with van der Waals surface area (Å²) in [6.45, 7) is 2.49. The number of hydrogen-bond acceptors (Lipinski definition) is 3. The number of aliphatic hydroxyl groups excluding tert-OH is 1. The van der Waals surface area contributed by atoms with Gasteiger partial charge in [0.05, 0.1) is 12.6 Å². The lowest BCUT2D eigenvalue weighted by Gasteiger charge is -2.25. The SMILES string of the molecule is C[C@@]1(CO)OC(=O)N2CCC[C@H]21. The van der Waals surface area contributed by atoms with Crippen LogP contribution in [0.5, 0.6) is 0 Å². The molecular weight excluding hydrogens is 158 g/mol. The zero-order chi connectivity index (χ0) is 8.77. The fourth-order valence-electron chi connectivity index (χ4n) is 2.08.